The van der Waals surface area contributed by atoms with Crippen LogP contribution in [0.4, 0.5) is 13.2 Å². The Balaban J connectivity index is 0.000000256. The van der Waals surface area contributed by atoms with E-state index >= 15 is 0 Å². The van der Waals surface area contributed by atoms with Gasteiger partial charge < -0.3 is 30.0 Å². The Morgan fingerprint density at radius 1 is 1.42 bits per heavy atom. The second-order valence-electron chi connectivity index (χ2n) is 4.73. The number of alkyl halides is 3. The molecule has 0 aliphatic carbocycles. The summed E-state index contributed by atoms with van der Waals surface area (Å²) in [5.41, 5.74) is 7.11. The van der Waals surface area contributed by atoms with Crippen molar-refractivity contribution in [2.24, 2.45) is 5.73 Å². The van der Waals surface area contributed by atoms with Crippen molar-refractivity contribution >= 4 is 34.5 Å². The summed E-state index contributed by atoms with van der Waals surface area (Å²) in [6.07, 6.45) is -5.40. The first kappa shape index (κ1) is 18.8. The maximum absolute atomic E-state index is 10.6. The Labute approximate surface area is 142 Å². The highest BCUT2D eigenvalue weighted by molar-refractivity contribution is 9.10. The summed E-state index contributed by atoms with van der Waals surface area (Å²) in [6.45, 7) is 1.29. The van der Waals surface area contributed by atoms with Crippen LogP contribution in [0.1, 0.15) is 11.7 Å². The number of ether oxygens (including phenoxy) is 2. The van der Waals surface area contributed by atoms with Gasteiger partial charge in [-0.2, -0.15) is 13.2 Å². The Hall–Kier alpha value is -1.50. The van der Waals surface area contributed by atoms with Gasteiger partial charge in [-0.05, 0) is 11.6 Å². The van der Waals surface area contributed by atoms with Crippen LogP contribution in [0.25, 0.3) is 0 Å². The van der Waals surface area contributed by atoms with Gasteiger partial charge in [-0.25, -0.2) is 4.79 Å². The number of hydrogen-bond donors (Lipinski definition) is 3. The maximum atomic E-state index is 10.6. The Bertz CT molecular complexity index is 644. The second kappa shape index (κ2) is 7.17. The van der Waals surface area contributed by atoms with E-state index in [4.69, 9.17) is 29.8 Å². The molecule has 0 aromatic heterocycles. The van der Waals surface area contributed by atoms with E-state index in [1.165, 1.54) is 0 Å². The predicted molar refractivity (Wildman–Crippen MR) is 79.3 cm³/mol. The van der Waals surface area contributed by atoms with Crippen molar-refractivity contribution < 1.29 is 42.2 Å². The van der Waals surface area contributed by atoms with Crippen LogP contribution in [-0.4, -0.2) is 49.2 Å². The fraction of sp³-hybridized carbons (Fsp3) is 0.417. The van der Waals surface area contributed by atoms with Crippen LogP contribution >= 0.6 is 15.9 Å². The molecule has 0 saturated carbocycles. The van der Waals surface area contributed by atoms with Crippen molar-refractivity contribution in [3.8, 4) is 11.5 Å². The third kappa shape index (κ3) is 3.77. The zero-order valence-corrected chi connectivity index (χ0v) is 13.6. The highest BCUT2D eigenvalue weighted by Gasteiger charge is 2.41. The largest absolute Gasteiger partial charge is 0.496 e. The molecule has 132 valence electrons. The van der Waals surface area contributed by atoms with Gasteiger partial charge in [-0.15, -0.1) is 0 Å². The summed E-state index contributed by atoms with van der Waals surface area (Å²) in [6, 6.07) is 1.83. The third-order valence-corrected chi connectivity index (χ3v) is 3.84. The quantitative estimate of drug-likeness (QED) is 0.577. The van der Waals surface area contributed by atoms with E-state index < -0.39 is 19.3 Å². The monoisotopic (exact) mass is 413 g/mol. The van der Waals surface area contributed by atoms with Crippen molar-refractivity contribution in [2.75, 3.05) is 19.8 Å². The number of aliphatic carboxylic acids is 1. The van der Waals surface area contributed by atoms with Crippen molar-refractivity contribution in [1.82, 2.24) is 0 Å². The molecule has 3 rings (SSSR count). The molecule has 0 radical (unpaired) electrons. The number of nitrogens with two attached hydrogens (primary N) is 1. The number of benzene rings is 1. The average molecular weight is 414 g/mol. The molecule has 0 amide bonds. The minimum Gasteiger partial charge on any atom is -0.486 e. The lowest BCUT2D eigenvalue weighted by Crippen LogP contribution is -2.32. The van der Waals surface area contributed by atoms with Crippen molar-refractivity contribution in [2.45, 2.75) is 12.3 Å². The number of fused-ring (bicyclic) bond motifs is 3. The Kier molecular flexibility index (Phi) is 5.63. The van der Waals surface area contributed by atoms with Gasteiger partial charge in [0, 0.05) is 16.5 Å². The van der Waals surface area contributed by atoms with Gasteiger partial charge in [0.1, 0.15) is 13.2 Å². The molecule has 0 spiro atoms. The lowest BCUT2D eigenvalue weighted by Gasteiger charge is -2.22. The Morgan fingerprint density at radius 2 is 2.00 bits per heavy atom. The zero-order valence-electron chi connectivity index (χ0n) is 12.0. The van der Waals surface area contributed by atoms with E-state index in [0.29, 0.717) is 36.7 Å². The normalized spacial score (nSPS) is 18.6. The van der Waals surface area contributed by atoms with Crippen LogP contribution in [0.2, 0.25) is 0 Å². The number of carboxylic acid groups (broad SMARTS) is 1. The number of carbonyl (C=O) groups is 1. The minimum absolute atomic E-state index is 0.308. The highest BCUT2D eigenvalue weighted by Crippen LogP contribution is 2.40. The van der Waals surface area contributed by atoms with Gasteiger partial charge >= 0.3 is 19.3 Å². The number of halogens is 4. The van der Waals surface area contributed by atoms with Crippen molar-refractivity contribution in [1.29, 1.82) is 0 Å². The number of rotatable bonds is 1. The van der Waals surface area contributed by atoms with Crippen LogP contribution in [0.5, 0.6) is 11.5 Å². The van der Waals surface area contributed by atoms with Gasteiger partial charge in [-0.1, -0.05) is 15.9 Å². The van der Waals surface area contributed by atoms with Crippen LogP contribution in [0, 0.1) is 0 Å². The number of carboxylic acids is 1. The first-order chi connectivity index (χ1) is 11.2. The van der Waals surface area contributed by atoms with Gasteiger partial charge in [0.2, 0.25) is 0 Å². The van der Waals surface area contributed by atoms with E-state index in [1.807, 2.05) is 6.07 Å². The van der Waals surface area contributed by atoms with Gasteiger partial charge in [0.05, 0.1) is 6.10 Å². The van der Waals surface area contributed by atoms with Gasteiger partial charge in [-0.3, -0.25) is 0 Å². The zero-order chi connectivity index (χ0) is 18.1. The van der Waals surface area contributed by atoms with E-state index in [0.717, 1.165) is 10.0 Å². The molecule has 2 heterocycles. The Morgan fingerprint density at radius 3 is 2.54 bits per heavy atom. The van der Waals surface area contributed by atoms with E-state index in [1.54, 1.807) is 0 Å². The minimum atomic E-state index is -5.08. The maximum Gasteiger partial charge on any atom is 0.496 e. The molecule has 1 atom stereocenters. The lowest BCUT2D eigenvalue weighted by molar-refractivity contribution is -0.192. The molecule has 24 heavy (non-hydrogen) atoms. The summed E-state index contributed by atoms with van der Waals surface area (Å²) in [5, 5.41) is 17.1. The fourth-order valence-electron chi connectivity index (χ4n) is 2.23. The topological polar surface area (TPSA) is 111 Å². The molecule has 1 unspecified atom stereocenters. The highest BCUT2D eigenvalue weighted by atomic mass is 79.9. The molecule has 7 nitrogen and oxygen atoms in total. The number of hydrogen-bond acceptors (Lipinski definition) is 6. The predicted octanol–water partition coefficient (Wildman–Crippen LogP) is 0.571. The summed E-state index contributed by atoms with van der Waals surface area (Å²) < 4.78 is 49.0. The molecule has 2 aliphatic rings. The first-order valence-corrected chi connectivity index (χ1v) is 7.41. The van der Waals surface area contributed by atoms with E-state index in [9.17, 15) is 18.2 Å². The first-order valence-electron chi connectivity index (χ1n) is 6.62. The molecule has 1 aromatic carbocycles. The average Bonchev–Trinajstić information content (AvgIpc) is 2.85. The second-order valence-corrected chi connectivity index (χ2v) is 5.58. The SMILES string of the molecule is NCC1OB(O)c2c3c(cc(Br)c21)OCCO3.O=C(O)C(F)(F)F. The lowest BCUT2D eigenvalue weighted by atomic mass is 9.78. The van der Waals surface area contributed by atoms with Crippen LogP contribution < -0.4 is 20.7 Å². The van der Waals surface area contributed by atoms with Crippen molar-refractivity contribution in [3.05, 3.63) is 16.1 Å². The standard InChI is InChI=1S/C10H11BBrNO4.C2HF3O2/c12-5-3-6-10(16-2-1-15-6)9-8(5)7(4-13)17-11(9)14;3-2(4,5)1(6)7/h3,7,14H,1-2,4,13H2;(H,6,7). The molecular formula is C12H12BBrF3NO6. The smallest absolute Gasteiger partial charge is 0.486 e. The molecular weight excluding hydrogens is 402 g/mol. The summed E-state index contributed by atoms with van der Waals surface area (Å²) in [5.74, 6) is -1.56. The third-order valence-electron chi connectivity index (χ3n) is 3.18. The summed E-state index contributed by atoms with van der Waals surface area (Å²) >= 11 is 3.45. The van der Waals surface area contributed by atoms with Crippen LogP contribution in [-0.2, 0) is 9.45 Å². The molecule has 0 saturated heterocycles. The van der Waals surface area contributed by atoms with Crippen molar-refractivity contribution in [3.63, 3.8) is 0 Å². The summed E-state index contributed by atoms with van der Waals surface area (Å²) in [7, 11) is -1.01. The molecule has 0 bridgehead atoms. The molecule has 0 fully saturated rings. The molecule has 12 heteroatoms. The fourth-order valence-corrected chi connectivity index (χ4v) is 2.91. The molecule has 1 aromatic rings. The van der Waals surface area contributed by atoms with Gasteiger partial charge in [0.25, 0.3) is 0 Å². The van der Waals surface area contributed by atoms with E-state index in [2.05, 4.69) is 15.9 Å². The summed E-state index contributed by atoms with van der Waals surface area (Å²) in [4.78, 5) is 8.90. The van der Waals surface area contributed by atoms with Crippen LogP contribution in [0.15, 0.2) is 10.5 Å². The van der Waals surface area contributed by atoms with Gasteiger partial charge in [0.15, 0.2) is 11.5 Å². The van der Waals surface area contributed by atoms with Crippen LogP contribution in [0.3, 0.4) is 0 Å². The molecule has 4 N–H and O–H groups in total. The van der Waals surface area contributed by atoms with E-state index in [-0.39, 0.29) is 6.10 Å². The molecule has 2 aliphatic heterocycles.